The van der Waals surface area contributed by atoms with E-state index in [-0.39, 0.29) is 18.5 Å². The zero-order valence-electron chi connectivity index (χ0n) is 11.2. The van der Waals surface area contributed by atoms with Crippen molar-refractivity contribution in [3.05, 3.63) is 35.5 Å². The van der Waals surface area contributed by atoms with Gasteiger partial charge in [-0.1, -0.05) is 18.2 Å². The number of nitrogens with zero attached hydrogens (tertiary/aromatic N) is 1. The molecular weight excluding hydrogens is 256 g/mol. The first kappa shape index (κ1) is 12.7. The fraction of sp³-hybridized carbons (Fsp3) is 0.333. The van der Waals surface area contributed by atoms with E-state index in [0.29, 0.717) is 5.56 Å². The van der Waals surface area contributed by atoms with Crippen LogP contribution in [0.4, 0.5) is 0 Å². The molecule has 5 nitrogen and oxygen atoms in total. The predicted molar refractivity (Wildman–Crippen MR) is 74.7 cm³/mol. The van der Waals surface area contributed by atoms with E-state index in [4.69, 9.17) is 5.11 Å². The molecule has 20 heavy (non-hydrogen) atoms. The molecular formula is C15H16N2O3. The summed E-state index contributed by atoms with van der Waals surface area (Å²) < 4.78 is 0. The van der Waals surface area contributed by atoms with Gasteiger partial charge in [-0.3, -0.25) is 9.59 Å². The van der Waals surface area contributed by atoms with Gasteiger partial charge in [0.25, 0.3) is 5.91 Å². The molecule has 0 radical (unpaired) electrons. The zero-order valence-corrected chi connectivity index (χ0v) is 11.2. The number of hydrogen-bond acceptors (Lipinski definition) is 2. The quantitative estimate of drug-likeness (QED) is 0.895. The summed E-state index contributed by atoms with van der Waals surface area (Å²) in [5, 5.41) is 9.84. The fourth-order valence-corrected chi connectivity index (χ4v) is 2.59. The molecule has 1 heterocycles. The van der Waals surface area contributed by atoms with Gasteiger partial charge < -0.3 is 15.0 Å². The van der Waals surface area contributed by atoms with Crippen molar-refractivity contribution < 1.29 is 14.7 Å². The van der Waals surface area contributed by atoms with E-state index in [1.165, 1.54) is 4.90 Å². The van der Waals surface area contributed by atoms with Crippen molar-refractivity contribution in [3.63, 3.8) is 0 Å². The first-order chi connectivity index (χ1) is 9.58. The number of carbonyl (C=O) groups is 2. The Balaban J connectivity index is 2.02. The maximum absolute atomic E-state index is 12.7. The molecule has 1 aromatic heterocycles. The number of aryl methyl sites for hydroxylation is 1. The van der Waals surface area contributed by atoms with Crippen LogP contribution in [0.5, 0.6) is 0 Å². The lowest BCUT2D eigenvalue weighted by molar-refractivity contribution is -0.137. The van der Waals surface area contributed by atoms with Gasteiger partial charge in [0.05, 0.1) is 5.56 Å². The van der Waals surface area contributed by atoms with Crippen LogP contribution in [0.25, 0.3) is 10.9 Å². The molecule has 1 aromatic carbocycles. The summed E-state index contributed by atoms with van der Waals surface area (Å²) in [5.41, 5.74) is 2.28. The molecule has 1 aliphatic rings. The second kappa shape index (κ2) is 4.67. The number of hydrogen-bond donors (Lipinski definition) is 2. The highest BCUT2D eigenvalue weighted by molar-refractivity contribution is 6.08. The van der Waals surface area contributed by atoms with E-state index < -0.39 is 5.97 Å². The number of aromatic amines is 1. The largest absolute Gasteiger partial charge is 0.480 e. The average molecular weight is 272 g/mol. The normalized spacial score (nSPS) is 14.4. The third-order valence-electron chi connectivity index (χ3n) is 3.66. The molecule has 1 fully saturated rings. The standard InChI is InChI=1S/C15H16N2O3/c1-9-14(11-4-2-3-5-12(11)16-9)15(20)17(8-13(18)19)10-6-7-10/h2-5,10,16H,6-8H2,1H3,(H,18,19). The van der Waals surface area contributed by atoms with E-state index in [9.17, 15) is 9.59 Å². The van der Waals surface area contributed by atoms with Crippen LogP contribution >= 0.6 is 0 Å². The number of rotatable bonds is 4. The predicted octanol–water partition coefficient (Wildman–Crippen LogP) is 2.17. The highest BCUT2D eigenvalue weighted by atomic mass is 16.4. The molecule has 104 valence electrons. The van der Waals surface area contributed by atoms with Crippen LogP contribution in [0.3, 0.4) is 0 Å². The molecule has 3 rings (SSSR count). The Morgan fingerprint density at radius 2 is 2.05 bits per heavy atom. The van der Waals surface area contributed by atoms with Gasteiger partial charge in [-0.25, -0.2) is 0 Å². The van der Waals surface area contributed by atoms with Gasteiger partial charge in [-0.15, -0.1) is 0 Å². The highest BCUT2D eigenvalue weighted by Crippen LogP contribution is 2.30. The van der Waals surface area contributed by atoms with Crippen molar-refractivity contribution in [2.24, 2.45) is 0 Å². The average Bonchev–Trinajstić information content (AvgIpc) is 3.17. The van der Waals surface area contributed by atoms with Gasteiger partial charge in [0, 0.05) is 22.6 Å². The monoisotopic (exact) mass is 272 g/mol. The number of benzene rings is 1. The number of carboxylic acid groups (broad SMARTS) is 1. The minimum absolute atomic E-state index is 0.0756. The molecule has 0 atom stereocenters. The molecule has 0 unspecified atom stereocenters. The number of H-pyrrole nitrogens is 1. The van der Waals surface area contributed by atoms with Crippen molar-refractivity contribution in [3.8, 4) is 0 Å². The number of fused-ring (bicyclic) bond motifs is 1. The van der Waals surface area contributed by atoms with Crippen LogP contribution < -0.4 is 0 Å². The Morgan fingerprint density at radius 1 is 1.35 bits per heavy atom. The van der Waals surface area contributed by atoms with Gasteiger partial charge in [-0.2, -0.15) is 0 Å². The maximum Gasteiger partial charge on any atom is 0.323 e. The number of aliphatic carboxylic acids is 1. The van der Waals surface area contributed by atoms with E-state index in [1.807, 2.05) is 31.2 Å². The van der Waals surface area contributed by atoms with Gasteiger partial charge in [0.1, 0.15) is 6.54 Å². The molecule has 5 heteroatoms. The van der Waals surface area contributed by atoms with Crippen LogP contribution in [0.1, 0.15) is 28.9 Å². The van der Waals surface area contributed by atoms with Crippen LogP contribution in [0, 0.1) is 6.92 Å². The van der Waals surface area contributed by atoms with E-state index in [1.54, 1.807) is 0 Å². The van der Waals surface area contributed by atoms with Crippen molar-refractivity contribution in [1.82, 2.24) is 9.88 Å². The van der Waals surface area contributed by atoms with E-state index in [2.05, 4.69) is 4.98 Å². The molecule has 0 aliphatic heterocycles. The molecule has 0 bridgehead atoms. The Kier molecular flexibility index (Phi) is 2.97. The lowest BCUT2D eigenvalue weighted by atomic mass is 10.1. The lowest BCUT2D eigenvalue weighted by Crippen LogP contribution is -2.37. The third kappa shape index (κ3) is 2.15. The summed E-state index contributed by atoms with van der Waals surface area (Å²) >= 11 is 0. The third-order valence-corrected chi connectivity index (χ3v) is 3.66. The van der Waals surface area contributed by atoms with Crippen molar-refractivity contribution in [2.75, 3.05) is 6.54 Å². The number of aromatic nitrogens is 1. The van der Waals surface area contributed by atoms with Gasteiger partial charge in [0.15, 0.2) is 0 Å². The van der Waals surface area contributed by atoms with Crippen molar-refractivity contribution in [2.45, 2.75) is 25.8 Å². The minimum Gasteiger partial charge on any atom is -0.480 e. The van der Waals surface area contributed by atoms with Gasteiger partial charge in [-0.05, 0) is 25.8 Å². The van der Waals surface area contributed by atoms with E-state index >= 15 is 0 Å². The molecule has 2 N–H and O–H groups in total. The number of amides is 1. The SMILES string of the molecule is Cc1[nH]c2ccccc2c1C(=O)N(CC(=O)O)C1CC1. The van der Waals surface area contributed by atoms with Gasteiger partial charge >= 0.3 is 5.97 Å². The van der Waals surface area contributed by atoms with Crippen LogP contribution in [-0.2, 0) is 4.79 Å². The number of carbonyl (C=O) groups excluding carboxylic acids is 1. The van der Waals surface area contributed by atoms with Gasteiger partial charge in [0.2, 0.25) is 0 Å². The van der Waals surface area contributed by atoms with Crippen molar-refractivity contribution in [1.29, 1.82) is 0 Å². The molecule has 2 aromatic rings. The zero-order chi connectivity index (χ0) is 14.3. The Labute approximate surface area is 116 Å². The summed E-state index contributed by atoms with van der Waals surface area (Å²) in [5.74, 6) is -1.16. The summed E-state index contributed by atoms with van der Waals surface area (Å²) in [7, 11) is 0. The summed E-state index contributed by atoms with van der Waals surface area (Å²) in [4.78, 5) is 28.3. The lowest BCUT2D eigenvalue weighted by Gasteiger charge is -2.20. The Hall–Kier alpha value is -2.30. The first-order valence-corrected chi connectivity index (χ1v) is 6.68. The topological polar surface area (TPSA) is 73.4 Å². The molecule has 1 saturated carbocycles. The summed E-state index contributed by atoms with van der Waals surface area (Å²) in [6.07, 6.45) is 1.78. The van der Waals surface area contributed by atoms with Crippen LogP contribution in [0.2, 0.25) is 0 Å². The number of nitrogens with one attached hydrogen (secondary N) is 1. The van der Waals surface area contributed by atoms with Crippen molar-refractivity contribution >= 4 is 22.8 Å². The molecule has 1 amide bonds. The second-order valence-corrected chi connectivity index (χ2v) is 5.23. The Bertz CT molecular complexity index is 685. The first-order valence-electron chi connectivity index (χ1n) is 6.68. The minimum atomic E-state index is -0.970. The summed E-state index contributed by atoms with van der Waals surface area (Å²) in [6, 6.07) is 7.66. The molecule has 1 aliphatic carbocycles. The highest BCUT2D eigenvalue weighted by Gasteiger charge is 2.35. The maximum atomic E-state index is 12.7. The fourth-order valence-electron chi connectivity index (χ4n) is 2.59. The van der Waals surface area contributed by atoms with E-state index in [0.717, 1.165) is 29.4 Å². The van der Waals surface area contributed by atoms with Crippen LogP contribution in [0.15, 0.2) is 24.3 Å². The molecule has 0 saturated heterocycles. The second-order valence-electron chi connectivity index (χ2n) is 5.23. The number of para-hydroxylation sites is 1. The molecule has 0 spiro atoms. The summed E-state index contributed by atoms with van der Waals surface area (Å²) in [6.45, 7) is 1.61. The smallest absolute Gasteiger partial charge is 0.323 e. The Morgan fingerprint density at radius 3 is 2.70 bits per heavy atom. The van der Waals surface area contributed by atoms with Crippen LogP contribution in [-0.4, -0.2) is 39.5 Å². The number of carboxylic acids is 1.